The van der Waals surface area contributed by atoms with E-state index >= 15 is 0 Å². The number of ether oxygens (including phenoxy) is 1. The molecule has 0 aliphatic carbocycles. The average molecular weight is 224 g/mol. The third-order valence-electron chi connectivity index (χ3n) is 1.36. The Balaban J connectivity index is 4.12. The van der Waals surface area contributed by atoms with E-state index in [2.05, 4.69) is 4.74 Å². The molecule has 0 radical (unpaired) electrons. The van der Waals surface area contributed by atoms with Crippen LogP contribution in [-0.4, -0.2) is 25.1 Å². The maximum Gasteiger partial charge on any atom is 0.414 e. The van der Waals surface area contributed by atoms with E-state index in [0.29, 0.717) is 0 Å². The molecule has 1 atom stereocenters. The first kappa shape index (κ1) is 13.5. The van der Waals surface area contributed by atoms with Gasteiger partial charge in [0.15, 0.2) is 6.10 Å². The van der Waals surface area contributed by atoms with Crippen LogP contribution >= 0.6 is 0 Å². The van der Waals surface area contributed by atoms with Crippen LogP contribution in [0.2, 0.25) is 0 Å². The lowest BCUT2D eigenvalue weighted by Crippen LogP contribution is -2.34. The Kier molecular flexibility index (Phi) is 4.70. The highest BCUT2D eigenvalue weighted by Gasteiger charge is 2.42. The van der Waals surface area contributed by atoms with Gasteiger partial charge in [-0.3, -0.25) is 0 Å². The Morgan fingerprint density at radius 2 is 1.57 bits per heavy atom. The van der Waals surface area contributed by atoms with E-state index in [-0.39, 0.29) is 6.42 Å². The van der Waals surface area contributed by atoms with E-state index in [1.54, 1.807) is 0 Å². The van der Waals surface area contributed by atoms with Gasteiger partial charge >= 0.3 is 12.4 Å². The van der Waals surface area contributed by atoms with Gasteiger partial charge in [-0.15, -0.1) is 0 Å². The molecule has 0 spiro atoms. The van der Waals surface area contributed by atoms with Gasteiger partial charge in [0, 0.05) is 0 Å². The van der Waals surface area contributed by atoms with Crippen molar-refractivity contribution in [2.75, 3.05) is 6.61 Å². The fourth-order valence-electron chi connectivity index (χ4n) is 0.799. The van der Waals surface area contributed by atoms with Crippen molar-refractivity contribution < 1.29 is 31.1 Å². The number of hydrogen-bond acceptors (Lipinski definition) is 1. The summed E-state index contributed by atoms with van der Waals surface area (Å²) in [4.78, 5) is 0. The Morgan fingerprint density at radius 3 is 1.86 bits per heavy atom. The fraction of sp³-hybridized carbons (Fsp3) is 1.00. The van der Waals surface area contributed by atoms with Crippen LogP contribution in [0.3, 0.4) is 0 Å². The minimum Gasteiger partial charge on any atom is -0.359 e. The quantitative estimate of drug-likeness (QED) is 0.666. The van der Waals surface area contributed by atoms with E-state index in [1.165, 1.54) is 6.92 Å². The van der Waals surface area contributed by atoms with Crippen molar-refractivity contribution in [3.05, 3.63) is 0 Å². The molecule has 0 aliphatic heterocycles. The summed E-state index contributed by atoms with van der Waals surface area (Å²) in [6, 6.07) is 0. The van der Waals surface area contributed by atoms with Crippen LogP contribution in [0.25, 0.3) is 0 Å². The number of alkyl halides is 6. The zero-order valence-electron chi connectivity index (χ0n) is 7.37. The summed E-state index contributed by atoms with van der Waals surface area (Å²) in [5.74, 6) is 0. The van der Waals surface area contributed by atoms with Gasteiger partial charge in [-0.2, -0.15) is 26.3 Å². The lowest BCUT2D eigenvalue weighted by Gasteiger charge is -2.20. The fourth-order valence-corrected chi connectivity index (χ4v) is 0.799. The van der Waals surface area contributed by atoms with Crippen LogP contribution in [0, 0.1) is 0 Å². The van der Waals surface area contributed by atoms with Gasteiger partial charge in [0.05, 0.1) is 0 Å². The van der Waals surface area contributed by atoms with Gasteiger partial charge in [-0.05, 0) is 6.42 Å². The Labute approximate surface area is 77.0 Å². The highest BCUT2D eigenvalue weighted by Crippen LogP contribution is 2.28. The molecule has 0 aromatic carbocycles. The molecule has 0 aliphatic rings. The van der Waals surface area contributed by atoms with Gasteiger partial charge in [0.1, 0.15) is 6.61 Å². The first-order valence-corrected chi connectivity index (χ1v) is 3.92. The SMILES string of the molecule is CCCC(OCC(F)(F)F)C(F)(F)F. The second-order valence-corrected chi connectivity index (χ2v) is 2.75. The molecule has 14 heavy (non-hydrogen) atoms. The second kappa shape index (κ2) is 4.86. The minimum absolute atomic E-state index is 0.113. The third-order valence-corrected chi connectivity index (χ3v) is 1.36. The lowest BCUT2D eigenvalue weighted by atomic mass is 10.2. The Morgan fingerprint density at radius 1 is 1.07 bits per heavy atom. The molecule has 7 heteroatoms. The average Bonchev–Trinajstić information content (AvgIpc) is 1.93. The zero-order valence-corrected chi connectivity index (χ0v) is 7.37. The van der Waals surface area contributed by atoms with E-state index in [0.717, 1.165) is 0 Å². The van der Waals surface area contributed by atoms with Crippen molar-refractivity contribution in [2.24, 2.45) is 0 Å². The zero-order chi connectivity index (χ0) is 11.4. The first-order valence-electron chi connectivity index (χ1n) is 3.92. The molecule has 0 saturated carbocycles. The van der Waals surface area contributed by atoms with Crippen molar-refractivity contribution >= 4 is 0 Å². The van der Waals surface area contributed by atoms with Crippen molar-refractivity contribution in [2.45, 2.75) is 38.2 Å². The first-order chi connectivity index (χ1) is 6.17. The summed E-state index contributed by atoms with van der Waals surface area (Å²) in [7, 11) is 0. The van der Waals surface area contributed by atoms with Gasteiger partial charge in [0.2, 0.25) is 0 Å². The molecule has 0 heterocycles. The molecule has 86 valence electrons. The Hall–Kier alpha value is -0.460. The maximum absolute atomic E-state index is 12.0. The predicted molar refractivity (Wildman–Crippen MR) is 36.8 cm³/mol. The van der Waals surface area contributed by atoms with Crippen LogP contribution in [-0.2, 0) is 4.74 Å². The van der Waals surface area contributed by atoms with Gasteiger partial charge in [-0.1, -0.05) is 13.3 Å². The van der Waals surface area contributed by atoms with E-state index < -0.39 is 31.5 Å². The molecular weight excluding hydrogens is 214 g/mol. The van der Waals surface area contributed by atoms with Crippen LogP contribution < -0.4 is 0 Å². The van der Waals surface area contributed by atoms with Crippen molar-refractivity contribution in [3.63, 3.8) is 0 Å². The van der Waals surface area contributed by atoms with Gasteiger partial charge < -0.3 is 4.74 Å². The van der Waals surface area contributed by atoms with E-state index in [9.17, 15) is 26.3 Å². The second-order valence-electron chi connectivity index (χ2n) is 2.75. The molecule has 1 nitrogen and oxygen atoms in total. The largest absolute Gasteiger partial charge is 0.414 e. The highest BCUT2D eigenvalue weighted by atomic mass is 19.4. The topological polar surface area (TPSA) is 9.23 Å². The number of hydrogen-bond donors (Lipinski definition) is 0. The summed E-state index contributed by atoms with van der Waals surface area (Å²) in [6.07, 6.45) is -12.1. The molecule has 0 rings (SSSR count). The molecule has 0 N–H and O–H groups in total. The van der Waals surface area contributed by atoms with Crippen LogP contribution in [0.4, 0.5) is 26.3 Å². The van der Waals surface area contributed by atoms with Crippen LogP contribution in [0.15, 0.2) is 0 Å². The van der Waals surface area contributed by atoms with E-state index in [4.69, 9.17) is 0 Å². The summed E-state index contributed by atoms with van der Waals surface area (Å²) in [6.45, 7) is -0.424. The molecule has 0 fully saturated rings. The van der Waals surface area contributed by atoms with Crippen molar-refractivity contribution in [1.82, 2.24) is 0 Å². The molecule has 0 amide bonds. The maximum atomic E-state index is 12.0. The van der Waals surface area contributed by atoms with Gasteiger partial charge in [-0.25, -0.2) is 0 Å². The molecule has 1 unspecified atom stereocenters. The summed E-state index contributed by atoms with van der Waals surface area (Å²) in [5, 5.41) is 0. The van der Waals surface area contributed by atoms with Gasteiger partial charge in [0.25, 0.3) is 0 Å². The Bertz CT molecular complexity index is 161. The van der Waals surface area contributed by atoms with Crippen molar-refractivity contribution in [3.8, 4) is 0 Å². The molecular formula is C7H10F6O. The minimum atomic E-state index is -4.73. The summed E-state index contributed by atoms with van der Waals surface area (Å²) >= 11 is 0. The standard InChI is InChI=1S/C7H10F6O/c1-2-3-5(7(11,12)13)14-4-6(8,9)10/h5H,2-4H2,1H3. The molecule has 0 saturated heterocycles. The van der Waals surface area contributed by atoms with Crippen LogP contribution in [0.1, 0.15) is 19.8 Å². The molecule has 0 bridgehead atoms. The third kappa shape index (κ3) is 6.06. The normalized spacial score (nSPS) is 15.6. The number of halogens is 6. The summed E-state index contributed by atoms with van der Waals surface area (Å²) in [5.41, 5.74) is 0. The lowest BCUT2D eigenvalue weighted by molar-refractivity contribution is -0.256. The van der Waals surface area contributed by atoms with E-state index in [1.807, 2.05) is 0 Å². The number of rotatable bonds is 4. The van der Waals surface area contributed by atoms with Crippen LogP contribution in [0.5, 0.6) is 0 Å². The molecule has 0 aromatic heterocycles. The summed E-state index contributed by atoms with van der Waals surface area (Å²) < 4.78 is 74.4. The van der Waals surface area contributed by atoms with Crippen molar-refractivity contribution in [1.29, 1.82) is 0 Å². The molecule has 0 aromatic rings. The highest BCUT2D eigenvalue weighted by molar-refractivity contribution is 4.67. The smallest absolute Gasteiger partial charge is 0.359 e. The predicted octanol–water partition coefficient (Wildman–Crippen LogP) is 3.30. The monoisotopic (exact) mass is 224 g/mol.